The zero-order chi connectivity index (χ0) is 18.3. The predicted molar refractivity (Wildman–Crippen MR) is 104 cm³/mol. The van der Waals surface area contributed by atoms with Gasteiger partial charge in [-0.05, 0) is 50.8 Å². The van der Waals surface area contributed by atoms with Gasteiger partial charge >= 0.3 is 0 Å². The normalized spacial score (nSPS) is 12.9. The maximum Gasteiger partial charge on any atom is 0.228 e. The summed E-state index contributed by atoms with van der Waals surface area (Å²) in [5, 5.41) is 0.923. The van der Waals surface area contributed by atoms with Crippen LogP contribution < -0.4 is 9.47 Å². The molecule has 0 aliphatic carbocycles. The Labute approximate surface area is 163 Å². The number of hydrogen-bond donors (Lipinski definition) is 0. The molecule has 1 aliphatic heterocycles. The molecule has 0 unspecified atom stereocenters. The van der Waals surface area contributed by atoms with E-state index in [0.717, 1.165) is 23.2 Å². The van der Waals surface area contributed by atoms with Crippen molar-refractivity contribution in [3.8, 4) is 11.5 Å². The second-order valence-electron chi connectivity index (χ2n) is 6.65. The standard InChI is InChI=1S/C20H20N2O4.ClH/c1-12-20-15(14(10-21-12)11-22(2)3)9-18(26-20)19(23)13-4-5-16-17(8-13)25-7-6-24-16;/h4-5,8-10H,6-7,11H2,1-3H3;1H. The van der Waals surface area contributed by atoms with Crippen LogP contribution in [0.4, 0.5) is 0 Å². The molecule has 1 aliphatic rings. The van der Waals surface area contributed by atoms with Gasteiger partial charge in [0.15, 0.2) is 22.8 Å². The highest BCUT2D eigenvalue weighted by Crippen LogP contribution is 2.32. The zero-order valence-electron chi connectivity index (χ0n) is 15.4. The number of furan rings is 1. The lowest BCUT2D eigenvalue weighted by atomic mass is 10.1. The molecule has 4 rings (SSSR count). The smallest absolute Gasteiger partial charge is 0.228 e. The predicted octanol–water partition coefficient (Wildman–Crippen LogP) is 3.62. The van der Waals surface area contributed by atoms with E-state index in [1.165, 1.54) is 0 Å². The average molecular weight is 389 g/mol. The average Bonchev–Trinajstić information content (AvgIpc) is 3.09. The number of rotatable bonds is 4. The van der Waals surface area contributed by atoms with Crippen LogP contribution in [0.2, 0.25) is 0 Å². The Kier molecular flexibility index (Phi) is 5.39. The van der Waals surface area contributed by atoms with Crippen LogP contribution in [0.3, 0.4) is 0 Å². The molecular formula is C20H21ClN2O4. The van der Waals surface area contributed by atoms with Crippen LogP contribution in [-0.2, 0) is 6.54 Å². The van der Waals surface area contributed by atoms with E-state index in [2.05, 4.69) is 9.88 Å². The summed E-state index contributed by atoms with van der Waals surface area (Å²) in [6, 6.07) is 7.00. The molecule has 7 heteroatoms. The SMILES string of the molecule is Cc1ncc(CN(C)C)c2cc(C(=O)c3ccc4c(c3)OCCO4)oc12.Cl. The maximum atomic E-state index is 12.9. The van der Waals surface area contributed by atoms with Gasteiger partial charge in [-0.25, -0.2) is 0 Å². The number of fused-ring (bicyclic) bond motifs is 2. The van der Waals surface area contributed by atoms with Crippen LogP contribution in [-0.4, -0.2) is 43.0 Å². The fourth-order valence-corrected chi connectivity index (χ4v) is 3.11. The molecule has 0 N–H and O–H groups in total. The van der Waals surface area contributed by atoms with Crippen molar-refractivity contribution in [2.75, 3.05) is 27.3 Å². The zero-order valence-corrected chi connectivity index (χ0v) is 16.3. The molecule has 0 amide bonds. The van der Waals surface area contributed by atoms with Gasteiger partial charge in [0.05, 0.1) is 5.69 Å². The number of benzene rings is 1. The molecule has 6 nitrogen and oxygen atoms in total. The van der Waals surface area contributed by atoms with E-state index in [1.54, 1.807) is 18.2 Å². The Morgan fingerprint density at radius 3 is 2.63 bits per heavy atom. The van der Waals surface area contributed by atoms with Crippen LogP contribution in [0.5, 0.6) is 11.5 Å². The number of pyridine rings is 1. The second kappa shape index (κ2) is 7.58. The third-order valence-corrected chi connectivity index (χ3v) is 4.34. The number of ketones is 1. The third-order valence-electron chi connectivity index (χ3n) is 4.34. The second-order valence-corrected chi connectivity index (χ2v) is 6.65. The summed E-state index contributed by atoms with van der Waals surface area (Å²) in [5.41, 5.74) is 2.96. The molecule has 0 atom stereocenters. The number of aryl methyl sites for hydroxylation is 1. The first-order valence-electron chi connectivity index (χ1n) is 8.50. The van der Waals surface area contributed by atoms with E-state index < -0.39 is 0 Å². The minimum Gasteiger partial charge on any atom is -0.486 e. The number of halogens is 1. The topological polar surface area (TPSA) is 64.8 Å². The molecule has 2 aromatic heterocycles. The largest absolute Gasteiger partial charge is 0.486 e. The van der Waals surface area contributed by atoms with E-state index in [1.807, 2.05) is 33.3 Å². The molecular weight excluding hydrogens is 368 g/mol. The fourth-order valence-electron chi connectivity index (χ4n) is 3.11. The lowest BCUT2D eigenvalue weighted by Gasteiger charge is -2.18. The molecule has 0 fully saturated rings. The van der Waals surface area contributed by atoms with Gasteiger partial charge in [0, 0.05) is 23.7 Å². The highest BCUT2D eigenvalue weighted by Gasteiger charge is 2.20. The monoisotopic (exact) mass is 388 g/mol. The quantitative estimate of drug-likeness (QED) is 0.636. The van der Waals surface area contributed by atoms with Crippen LogP contribution in [0.25, 0.3) is 11.0 Å². The first-order valence-corrected chi connectivity index (χ1v) is 8.50. The van der Waals surface area contributed by atoms with Gasteiger partial charge in [-0.3, -0.25) is 9.78 Å². The molecule has 3 heterocycles. The first-order chi connectivity index (χ1) is 12.5. The minimum absolute atomic E-state index is 0. The minimum atomic E-state index is -0.187. The van der Waals surface area contributed by atoms with Gasteiger partial charge in [0.2, 0.25) is 5.78 Å². The molecule has 0 radical (unpaired) electrons. The van der Waals surface area contributed by atoms with Gasteiger partial charge < -0.3 is 18.8 Å². The molecule has 3 aromatic rings. The van der Waals surface area contributed by atoms with Crippen molar-refractivity contribution < 1.29 is 18.7 Å². The lowest BCUT2D eigenvalue weighted by Crippen LogP contribution is -2.15. The van der Waals surface area contributed by atoms with Gasteiger partial charge in [-0.2, -0.15) is 0 Å². The van der Waals surface area contributed by atoms with Gasteiger partial charge in [-0.1, -0.05) is 0 Å². The van der Waals surface area contributed by atoms with Gasteiger partial charge in [-0.15, -0.1) is 12.4 Å². The fraction of sp³-hybridized carbons (Fsp3) is 0.300. The summed E-state index contributed by atoms with van der Waals surface area (Å²) in [5.74, 6) is 1.36. The number of ether oxygens (including phenoxy) is 2. The summed E-state index contributed by atoms with van der Waals surface area (Å²) in [6.45, 7) is 3.60. The van der Waals surface area contributed by atoms with Crippen molar-refractivity contribution in [1.82, 2.24) is 9.88 Å². The Bertz CT molecular complexity index is 997. The number of carbonyl (C=O) groups excluding carboxylic acids is 1. The molecule has 0 saturated carbocycles. The lowest BCUT2D eigenvalue weighted by molar-refractivity contribution is 0.101. The maximum absolute atomic E-state index is 12.9. The molecule has 1 aromatic carbocycles. The highest BCUT2D eigenvalue weighted by molar-refractivity contribution is 6.09. The third kappa shape index (κ3) is 3.63. The summed E-state index contributed by atoms with van der Waals surface area (Å²) in [4.78, 5) is 19.4. The van der Waals surface area contributed by atoms with Crippen molar-refractivity contribution >= 4 is 29.2 Å². The van der Waals surface area contributed by atoms with Crippen molar-refractivity contribution in [3.63, 3.8) is 0 Å². The van der Waals surface area contributed by atoms with Crippen LogP contribution in [0.15, 0.2) is 34.9 Å². The van der Waals surface area contributed by atoms with Crippen molar-refractivity contribution in [3.05, 3.63) is 53.0 Å². The van der Waals surface area contributed by atoms with E-state index in [4.69, 9.17) is 13.9 Å². The van der Waals surface area contributed by atoms with E-state index in [9.17, 15) is 4.79 Å². The first kappa shape index (κ1) is 19.2. The van der Waals surface area contributed by atoms with Gasteiger partial charge in [0.25, 0.3) is 0 Å². The molecule has 0 bridgehead atoms. The van der Waals surface area contributed by atoms with Crippen molar-refractivity contribution in [1.29, 1.82) is 0 Å². The van der Waals surface area contributed by atoms with Crippen LogP contribution in [0, 0.1) is 6.92 Å². The molecule has 0 saturated heterocycles. The Morgan fingerprint density at radius 2 is 1.89 bits per heavy atom. The number of carbonyl (C=O) groups is 1. The highest BCUT2D eigenvalue weighted by atomic mass is 35.5. The van der Waals surface area contributed by atoms with Crippen molar-refractivity contribution in [2.24, 2.45) is 0 Å². The van der Waals surface area contributed by atoms with E-state index >= 15 is 0 Å². The molecule has 27 heavy (non-hydrogen) atoms. The number of hydrogen-bond acceptors (Lipinski definition) is 6. The molecule has 142 valence electrons. The van der Waals surface area contributed by atoms with E-state index in [-0.39, 0.29) is 18.2 Å². The van der Waals surface area contributed by atoms with Crippen molar-refractivity contribution in [2.45, 2.75) is 13.5 Å². The van der Waals surface area contributed by atoms with Gasteiger partial charge in [0.1, 0.15) is 13.2 Å². The Hall–Kier alpha value is -2.57. The van der Waals surface area contributed by atoms with Crippen LogP contribution >= 0.6 is 12.4 Å². The summed E-state index contributed by atoms with van der Waals surface area (Å²) < 4.78 is 17.0. The summed E-state index contributed by atoms with van der Waals surface area (Å²) in [6.07, 6.45) is 1.84. The summed E-state index contributed by atoms with van der Waals surface area (Å²) >= 11 is 0. The molecule has 0 spiro atoms. The number of aromatic nitrogens is 1. The van der Waals surface area contributed by atoms with E-state index in [0.29, 0.717) is 41.6 Å². The Morgan fingerprint density at radius 1 is 1.15 bits per heavy atom. The number of nitrogens with zero attached hydrogens (tertiary/aromatic N) is 2. The summed E-state index contributed by atoms with van der Waals surface area (Å²) in [7, 11) is 3.99. The van der Waals surface area contributed by atoms with Crippen LogP contribution in [0.1, 0.15) is 27.4 Å². The Balaban J connectivity index is 0.00000210.